The number of hydrogen-bond acceptors (Lipinski definition) is 0. The molecule has 9 atom stereocenters. The molecule has 2 rings (SSSR count). The minimum atomic E-state index is -1.51. The first-order chi connectivity index (χ1) is 18.9. The zero-order valence-electron chi connectivity index (χ0n) is 32.6. The van der Waals surface area contributed by atoms with Crippen LogP contribution >= 0.6 is 37.2 Å². The number of halogens is 4. The van der Waals surface area contributed by atoms with Gasteiger partial charge in [0, 0.05) is 0 Å². The molecule has 2 aliphatic rings. The summed E-state index contributed by atoms with van der Waals surface area (Å²) in [5, 5.41) is 0. The molecule has 0 saturated heterocycles. The van der Waals surface area contributed by atoms with Crippen LogP contribution in [0.25, 0.3) is 9.96 Å². The van der Waals surface area contributed by atoms with Gasteiger partial charge in [-0.15, -0.1) is 11.1 Å². The van der Waals surface area contributed by atoms with Crippen molar-refractivity contribution in [2.45, 2.75) is 158 Å². The van der Waals surface area contributed by atoms with Crippen molar-refractivity contribution < 1.29 is 34.1 Å². The van der Waals surface area contributed by atoms with Gasteiger partial charge in [0.25, 0.3) is 0 Å². The summed E-state index contributed by atoms with van der Waals surface area (Å²) >= 11 is -1.11. The maximum atomic E-state index is 5.35. The molecule has 2 saturated carbocycles. The van der Waals surface area contributed by atoms with Gasteiger partial charge in [-0.1, -0.05) is 164 Å². The molecular formula is C34H74Cl4N2Si2Ti2-4. The number of hydrogen-bond donors (Lipinski definition) is 0. The van der Waals surface area contributed by atoms with Crippen LogP contribution in [-0.2, 0) is 34.1 Å². The molecule has 0 amide bonds. The molecular weight excluding hydrogens is 730 g/mol. The SMILES string of the molecule is CCC(C)(C)[N-][Si](C)(C)C1C(C)C(C)C(C)C1C.CC[Si](C)([N-]C(C)(C)C)C1C(C)C(C)C(C)C1C.[CH3-].[CH3-].[Cl][Ti][Cl].[Cl][Ti][Cl]. The average Bonchev–Trinajstić information content (AvgIpc) is 3.17. The van der Waals surface area contributed by atoms with Gasteiger partial charge in [0.05, 0.1) is 0 Å². The van der Waals surface area contributed by atoms with Crippen molar-refractivity contribution in [1.29, 1.82) is 0 Å². The Morgan fingerprint density at radius 2 is 0.818 bits per heavy atom. The van der Waals surface area contributed by atoms with Crippen molar-refractivity contribution in [3.8, 4) is 0 Å². The minimum absolute atomic E-state index is 0. The molecule has 0 aromatic heterocycles. The molecule has 0 heterocycles. The third-order valence-electron chi connectivity index (χ3n) is 11.5. The third kappa shape index (κ3) is 16.3. The molecule has 0 aromatic rings. The normalized spacial score (nSPS) is 33.0. The first kappa shape index (κ1) is 53.7. The summed E-state index contributed by atoms with van der Waals surface area (Å²) in [6.07, 6.45) is 1.16. The molecule has 10 heteroatoms. The Kier molecular flexibility index (Phi) is 28.6. The molecule has 2 aliphatic carbocycles. The van der Waals surface area contributed by atoms with Crippen LogP contribution in [0.5, 0.6) is 0 Å². The molecule has 2 nitrogen and oxygen atoms in total. The Balaban J connectivity index is -0.000000296. The summed E-state index contributed by atoms with van der Waals surface area (Å²) in [5.74, 6) is 6.81. The predicted octanol–water partition coefficient (Wildman–Crippen LogP) is 15.0. The van der Waals surface area contributed by atoms with Crippen molar-refractivity contribution in [1.82, 2.24) is 0 Å². The molecule has 0 bridgehead atoms. The Labute approximate surface area is 315 Å². The van der Waals surface area contributed by atoms with Crippen LogP contribution in [0.3, 0.4) is 0 Å². The molecule has 44 heavy (non-hydrogen) atoms. The number of nitrogens with zero attached hydrogens (tertiary/aromatic N) is 2. The molecule has 0 N–H and O–H groups in total. The first-order valence-electron chi connectivity index (χ1n) is 16.3. The van der Waals surface area contributed by atoms with E-state index in [9.17, 15) is 0 Å². The summed E-state index contributed by atoms with van der Waals surface area (Å²) in [6.45, 7) is 43.3. The van der Waals surface area contributed by atoms with Gasteiger partial charge in [0.2, 0.25) is 0 Å². The average molecular weight is 805 g/mol. The quantitative estimate of drug-likeness (QED) is 0.181. The van der Waals surface area contributed by atoms with E-state index in [1.54, 1.807) is 0 Å². The first-order valence-corrected chi connectivity index (χ1v) is 30.7. The van der Waals surface area contributed by atoms with Crippen LogP contribution < -0.4 is 0 Å². The van der Waals surface area contributed by atoms with Crippen LogP contribution in [0.15, 0.2) is 0 Å². The van der Waals surface area contributed by atoms with Gasteiger partial charge in [-0.25, -0.2) is 0 Å². The zero-order valence-corrected chi connectivity index (χ0v) is 40.7. The Morgan fingerprint density at radius 1 is 0.545 bits per heavy atom. The summed E-state index contributed by atoms with van der Waals surface area (Å²) < 4.78 is 0. The predicted molar refractivity (Wildman–Crippen MR) is 207 cm³/mol. The fourth-order valence-electron chi connectivity index (χ4n) is 8.69. The molecule has 0 radical (unpaired) electrons. The number of rotatable bonds is 7. The summed E-state index contributed by atoms with van der Waals surface area (Å²) in [7, 11) is 16.5. The summed E-state index contributed by atoms with van der Waals surface area (Å²) in [6, 6.07) is 1.29. The van der Waals surface area contributed by atoms with Gasteiger partial charge in [0.15, 0.2) is 0 Å². The van der Waals surface area contributed by atoms with Gasteiger partial charge in [0.1, 0.15) is 0 Å². The summed E-state index contributed by atoms with van der Waals surface area (Å²) in [5.41, 5.74) is 2.02. The fourth-order valence-corrected chi connectivity index (χ4v) is 18.9. The van der Waals surface area contributed by atoms with E-state index in [-0.39, 0.29) is 25.9 Å². The second-order valence-corrected chi connectivity index (χ2v) is 29.7. The van der Waals surface area contributed by atoms with E-state index in [4.69, 9.17) is 47.2 Å². The van der Waals surface area contributed by atoms with Crippen molar-refractivity contribution in [2.75, 3.05) is 0 Å². The maximum absolute atomic E-state index is 5.35. The molecule has 9 unspecified atom stereocenters. The van der Waals surface area contributed by atoms with Crippen LogP contribution in [0.2, 0.25) is 36.8 Å². The molecule has 0 aromatic carbocycles. The van der Waals surface area contributed by atoms with Crippen LogP contribution in [0, 0.1) is 62.2 Å². The van der Waals surface area contributed by atoms with Gasteiger partial charge in [-0.3, -0.25) is 0 Å². The molecule has 0 spiro atoms. The Bertz CT molecular complexity index is 715. The molecule has 0 aliphatic heterocycles. The van der Waals surface area contributed by atoms with Crippen molar-refractivity contribution >= 4 is 53.7 Å². The van der Waals surface area contributed by atoms with E-state index in [1.165, 1.54) is 6.04 Å². The van der Waals surface area contributed by atoms with E-state index in [0.717, 1.165) is 64.8 Å². The second-order valence-electron chi connectivity index (χ2n) is 16.0. The standard InChI is InChI=1S/2C16H34NSi.2CH3.4ClH.2Ti/c1-10-16(6,7)17-18(8,9)15-13(4)11(2)12(3)14(15)5;1-10-18(9,17-16(6,7)8)15-13(4)11(2)12(3)14(15)5;;;;;;;;/h2*11-15H,10H2,1-9H3;2*1H3;4*1H;;/q4*-1;;;;;2*+2/p-4. The molecule has 2 fully saturated rings. The third-order valence-corrected chi connectivity index (χ3v) is 20.5. The van der Waals surface area contributed by atoms with Gasteiger partial charge in [-0.2, -0.15) is 0 Å². The van der Waals surface area contributed by atoms with Crippen molar-refractivity contribution in [3.05, 3.63) is 24.8 Å². The Hall–Kier alpha value is 2.94. The fraction of sp³-hybridized carbons (Fsp3) is 0.941. The van der Waals surface area contributed by atoms with E-state index in [1.807, 2.05) is 0 Å². The van der Waals surface area contributed by atoms with Crippen LogP contribution in [0.1, 0.15) is 110 Å². The topological polar surface area (TPSA) is 28.2 Å². The van der Waals surface area contributed by atoms with Crippen LogP contribution in [0.4, 0.5) is 0 Å². The van der Waals surface area contributed by atoms with E-state index >= 15 is 0 Å². The van der Waals surface area contributed by atoms with Gasteiger partial charge < -0.3 is 24.8 Å². The monoisotopic (exact) mass is 802 g/mol. The Morgan fingerprint density at radius 3 is 1.05 bits per heavy atom. The molecule has 268 valence electrons. The van der Waals surface area contributed by atoms with E-state index < -0.39 is 50.5 Å². The second kappa shape index (κ2) is 23.4. The van der Waals surface area contributed by atoms with Gasteiger partial charge in [-0.05, 0) is 47.3 Å². The van der Waals surface area contributed by atoms with Crippen molar-refractivity contribution in [3.63, 3.8) is 0 Å². The van der Waals surface area contributed by atoms with Gasteiger partial charge >= 0.3 is 71.3 Å². The zero-order chi connectivity index (χ0) is 34.0. The van der Waals surface area contributed by atoms with Crippen LogP contribution in [-0.4, -0.2) is 27.5 Å². The van der Waals surface area contributed by atoms with Crippen molar-refractivity contribution in [2.24, 2.45) is 47.3 Å². The van der Waals surface area contributed by atoms with E-state index in [0.29, 0.717) is 0 Å². The van der Waals surface area contributed by atoms with E-state index in [2.05, 4.69) is 123 Å². The summed E-state index contributed by atoms with van der Waals surface area (Å²) in [4.78, 5) is 10.7.